The molecule has 1 atom stereocenters. The van der Waals surface area contributed by atoms with E-state index in [9.17, 15) is 10.4 Å². The molecule has 110 valence electrons. The zero-order valence-corrected chi connectivity index (χ0v) is 12.9. The van der Waals surface area contributed by atoms with Crippen LogP contribution in [0.15, 0.2) is 6.20 Å². The monoisotopic (exact) mass is 275 g/mol. The average Bonchev–Trinajstić information content (AvgIpc) is 2.78. The minimum Gasteiger partial charge on any atom is -0.387 e. The highest BCUT2D eigenvalue weighted by atomic mass is 16.3. The third-order valence-electron chi connectivity index (χ3n) is 5.18. The highest BCUT2D eigenvalue weighted by Gasteiger charge is 2.43. The second-order valence-corrected chi connectivity index (χ2v) is 6.56. The number of aromatic nitrogens is 2. The van der Waals surface area contributed by atoms with Crippen molar-refractivity contribution in [1.82, 2.24) is 9.78 Å². The van der Waals surface area contributed by atoms with Gasteiger partial charge in [0, 0.05) is 18.3 Å². The van der Waals surface area contributed by atoms with E-state index in [0.29, 0.717) is 11.8 Å². The SMILES string of the molecule is Cc1c(C(O)C2(C#N)CCC(C(C)C)CC2)cnn1C. The van der Waals surface area contributed by atoms with E-state index in [2.05, 4.69) is 25.0 Å². The molecule has 1 fully saturated rings. The molecule has 0 aromatic carbocycles. The first kappa shape index (κ1) is 15.1. The van der Waals surface area contributed by atoms with Gasteiger partial charge in [-0.05, 0) is 44.4 Å². The van der Waals surface area contributed by atoms with Gasteiger partial charge in [0.25, 0.3) is 0 Å². The Hall–Kier alpha value is -1.34. The molecule has 0 amide bonds. The molecular formula is C16H25N3O. The van der Waals surface area contributed by atoms with Crippen molar-refractivity contribution in [2.45, 2.75) is 52.6 Å². The van der Waals surface area contributed by atoms with Crippen molar-refractivity contribution < 1.29 is 5.11 Å². The molecule has 1 heterocycles. The van der Waals surface area contributed by atoms with Crippen LogP contribution in [0.4, 0.5) is 0 Å². The molecule has 20 heavy (non-hydrogen) atoms. The van der Waals surface area contributed by atoms with Gasteiger partial charge in [0.05, 0.1) is 17.7 Å². The smallest absolute Gasteiger partial charge is 0.101 e. The highest BCUT2D eigenvalue weighted by molar-refractivity contribution is 5.25. The maximum Gasteiger partial charge on any atom is 0.101 e. The predicted molar refractivity (Wildman–Crippen MR) is 77.7 cm³/mol. The summed E-state index contributed by atoms with van der Waals surface area (Å²) in [5.74, 6) is 1.34. The summed E-state index contributed by atoms with van der Waals surface area (Å²) < 4.78 is 1.75. The standard InChI is InChI=1S/C16H25N3O/c1-11(2)13-5-7-16(10-17,8-6-13)15(20)14-9-18-19(4)12(14)3/h9,11,13,15,20H,5-8H2,1-4H3. The van der Waals surface area contributed by atoms with Crippen LogP contribution >= 0.6 is 0 Å². The van der Waals surface area contributed by atoms with E-state index in [0.717, 1.165) is 36.9 Å². The van der Waals surface area contributed by atoms with Crippen molar-refractivity contribution in [2.75, 3.05) is 0 Å². The van der Waals surface area contributed by atoms with Crippen LogP contribution < -0.4 is 0 Å². The van der Waals surface area contributed by atoms with E-state index in [1.807, 2.05) is 14.0 Å². The van der Waals surface area contributed by atoms with Crippen molar-refractivity contribution in [2.24, 2.45) is 24.3 Å². The van der Waals surface area contributed by atoms with Gasteiger partial charge in [-0.25, -0.2) is 0 Å². The van der Waals surface area contributed by atoms with Crippen LogP contribution in [0, 0.1) is 35.5 Å². The van der Waals surface area contributed by atoms with E-state index in [4.69, 9.17) is 0 Å². The molecule has 1 N–H and O–H groups in total. The largest absolute Gasteiger partial charge is 0.387 e. The quantitative estimate of drug-likeness (QED) is 0.922. The fraction of sp³-hybridized carbons (Fsp3) is 0.750. The van der Waals surface area contributed by atoms with Gasteiger partial charge < -0.3 is 5.11 Å². The maximum atomic E-state index is 10.7. The summed E-state index contributed by atoms with van der Waals surface area (Å²) in [5, 5.41) is 24.6. The summed E-state index contributed by atoms with van der Waals surface area (Å²) in [6.45, 7) is 6.42. The molecule has 2 rings (SSSR count). The van der Waals surface area contributed by atoms with Gasteiger partial charge in [0.15, 0.2) is 0 Å². The molecule has 1 saturated carbocycles. The molecule has 0 aliphatic heterocycles. The molecule has 1 unspecified atom stereocenters. The second kappa shape index (κ2) is 5.57. The van der Waals surface area contributed by atoms with Crippen LogP contribution in [0.5, 0.6) is 0 Å². The number of rotatable bonds is 3. The number of aliphatic hydroxyl groups is 1. The molecular weight excluding hydrogens is 250 g/mol. The fourth-order valence-electron chi connectivity index (χ4n) is 3.35. The Balaban J connectivity index is 2.21. The average molecular weight is 275 g/mol. The van der Waals surface area contributed by atoms with E-state index in [1.54, 1.807) is 10.9 Å². The Morgan fingerprint density at radius 1 is 1.45 bits per heavy atom. The zero-order valence-electron chi connectivity index (χ0n) is 12.9. The zero-order chi connectivity index (χ0) is 14.9. The number of aryl methyl sites for hydroxylation is 1. The van der Waals surface area contributed by atoms with Gasteiger partial charge in [-0.1, -0.05) is 13.8 Å². The van der Waals surface area contributed by atoms with Crippen molar-refractivity contribution >= 4 is 0 Å². The summed E-state index contributed by atoms with van der Waals surface area (Å²) in [5.41, 5.74) is 1.11. The summed E-state index contributed by atoms with van der Waals surface area (Å²) in [7, 11) is 1.86. The van der Waals surface area contributed by atoms with E-state index >= 15 is 0 Å². The van der Waals surface area contributed by atoms with Gasteiger partial charge >= 0.3 is 0 Å². The Bertz CT molecular complexity index is 504. The van der Waals surface area contributed by atoms with Crippen molar-refractivity contribution in [3.8, 4) is 6.07 Å². The molecule has 1 aliphatic carbocycles. The number of nitrogens with zero attached hydrogens (tertiary/aromatic N) is 3. The lowest BCUT2D eigenvalue weighted by Crippen LogP contribution is -2.34. The third-order valence-corrected chi connectivity index (χ3v) is 5.18. The molecule has 0 bridgehead atoms. The molecule has 0 radical (unpaired) electrons. The van der Waals surface area contributed by atoms with Crippen LogP contribution in [0.2, 0.25) is 0 Å². The van der Waals surface area contributed by atoms with Crippen molar-refractivity contribution in [3.63, 3.8) is 0 Å². The van der Waals surface area contributed by atoms with Gasteiger partial charge in [0.2, 0.25) is 0 Å². The predicted octanol–water partition coefficient (Wildman–Crippen LogP) is 3.12. The van der Waals surface area contributed by atoms with Crippen molar-refractivity contribution in [1.29, 1.82) is 5.26 Å². The highest BCUT2D eigenvalue weighted by Crippen LogP contribution is 2.48. The lowest BCUT2D eigenvalue weighted by molar-refractivity contribution is 0.0186. The second-order valence-electron chi connectivity index (χ2n) is 6.56. The summed E-state index contributed by atoms with van der Waals surface area (Å²) in [4.78, 5) is 0. The Kier molecular flexibility index (Phi) is 4.19. The topological polar surface area (TPSA) is 61.8 Å². The maximum absolute atomic E-state index is 10.7. The fourth-order valence-corrected chi connectivity index (χ4v) is 3.35. The van der Waals surface area contributed by atoms with Crippen molar-refractivity contribution in [3.05, 3.63) is 17.5 Å². The van der Waals surface area contributed by atoms with Gasteiger partial charge in [0.1, 0.15) is 6.10 Å². The van der Waals surface area contributed by atoms with E-state index in [1.165, 1.54) is 0 Å². The van der Waals surface area contributed by atoms with Gasteiger partial charge in [-0.3, -0.25) is 4.68 Å². The van der Waals surface area contributed by atoms with Gasteiger partial charge in [-0.2, -0.15) is 10.4 Å². The van der Waals surface area contributed by atoms with Crippen LogP contribution in [0.25, 0.3) is 0 Å². The molecule has 1 aromatic heterocycles. The number of hydrogen-bond acceptors (Lipinski definition) is 3. The van der Waals surface area contributed by atoms with Crippen LogP contribution in [-0.4, -0.2) is 14.9 Å². The first-order chi connectivity index (χ1) is 9.41. The van der Waals surface area contributed by atoms with Crippen LogP contribution in [0.3, 0.4) is 0 Å². The van der Waals surface area contributed by atoms with E-state index < -0.39 is 11.5 Å². The summed E-state index contributed by atoms with van der Waals surface area (Å²) >= 11 is 0. The molecule has 0 spiro atoms. The Morgan fingerprint density at radius 2 is 2.05 bits per heavy atom. The minimum absolute atomic E-state index is 0.640. The number of aliphatic hydroxyl groups excluding tert-OH is 1. The normalized spacial score (nSPS) is 28.4. The summed E-state index contributed by atoms with van der Waals surface area (Å²) in [6.07, 6.45) is 4.59. The van der Waals surface area contributed by atoms with Crippen LogP contribution in [-0.2, 0) is 7.05 Å². The Labute approximate surface area is 121 Å². The molecule has 4 nitrogen and oxygen atoms in total. The molecule has 1 aliphatic rings. The molecule has 4 heteroatoms. The van der Waals surface area contributed by atoms with Crippen LogP contribution in [0.1, 0.15) is 56.9 Å². The number of nitriles is 1. The molecule has 0 saturated heterocycles. The minimum atomic E-state index is -0.727. The molecule has 1 aromatic rings. The first-order valence-corrected chi connectivity index (χ1v) is 7.49. The lowest BCUT2D eigenvalue weighted by Gasteiger charge is -2.39. The lowest BCUT2D eigenvalue weighted by atomic mass is 9.65. The number of hydrogen-bond donors (Lipinski definition) is 1. The van der Waals surface area contributed by atoms with Gasteiger partial charge in [-0.15, -0.1) is 0 Å². The first-order valence-electron chi connectivity index (χ1n) is 7.49. The third kappa shape index (κ3) is 2.47. The Morgan fingerprint density at radius 3 is 2.45 bits per heavy atom. The van der Waals surface area contributed by atoms with E-state index in [-0.39, 0.29) is 0 Å². The summed E-state index contributed by atoms with van der Waals surface area (Å²) in [6, 6.07) is 2.42.